The number of hydrogen-bond acceptors (Lipinski definition) is 5. The zero-order valence-electron chi connectivity index (χ0n) is 14.9. The number of piperidine rings is 1. The lowest BCUT2D eigenvalue weighted by atomic mass is 9.96. The number of anilines is 1. The zero-order valence-corrected chi connectivity index (χ0v) is 14.9. The van der Waals surface area contributed by atoms with Gasteiger partial charge in [-0.15, -0.1) is 0 Å². The van der Waals surface area contributed by atoms with Gasteiger partial charge < -0.3 is 4.90 Å². The van der Waals surface area contributed by atoms with Crippen molar-refractivity contribution in [1.82, 2.24) is 24.3 Å². The third-order valence-electron chi connectivity index (χ3n) is 5.51. The highest BCUT2D eigenvalue weighted by Gasteiger charge is 2.33. The number of rotatable bonds is 3. The SMILES string of the molecule is Cn1nc(C2CCN(c3cnc4ccccc4n3)CC2)n(C2CC2)c1=O. The second-order valence-electron chi connectivity index (χ2n) is 7.34. The molecular formula is C19H22N6O. The summed E-state index contributed by atoms with van der Waals surface area (Å²) < 4.78 is 3.44. The van der Waals surface area contributed by atoms with Gasteiger partial charge in [0.15, 0.2) is 0 Å². The lowest BCUT2D eigenvalue weighted by molar-refractivity contribution is 0.460. The monoisotopic (exact) mass is 350 g/mol. The summed E-state index contributed by atoms with van der Waals surface area (Å²) in [5.74, 6) is 2.25. The molecule has 1 saturated carbocycles. The Kier molecular flexibility index (Phi) is 3.55. The van der Waals surface area contributed by atoms with Crippen molar-refractivity contribution in [3.8, 4) is 0 Å². The number of benzene rings is 1. The summed E-state index contributed by atoms with van der Waals surface area (Å²) in [5.41, 5.74) is 1.89. The van der Waals surface area contributed by atoms with Crippen molar-refractivity contribution < 1.29 is 0 Å². The fraction of sp³-hybridized carbons (Fsp3) is 0.474. The number of aromatic nitrogens is 5. The summed E-state index contributed by atoms with van der Waals surface area (Å²) in [6.45, 7) is 1.82. The van der Waals surface area contributed by atoms with Crippen LogP contribution in [0.1, 0.15) is 43.5 Å². The minimum Gasteiger partial charge on any atom is -0.355 e. The molecule has 134 valence electrons. The Morgan fingerprint density at radius 1 is 1.04 bits per heavy atom. The first-order chi connectivity index (χ1) is 12.7. The molecule has 7 nitrogen and oxygen atoms in total. The number of para-hydroxylation sites is 2. The quantitative estimate of drug-likeness (QED) is 0.725. The molecule has 0 N–H and O–H groups in total. The maximum absolute atomic E-state index is 12.4. The van der Waals surface area contributed by atoms with Crippen molar-refractivity contribution in [3.05, 3.63) is 46.8 Å². The molecule has 0 amide bonds. The Bertz CT molecular complexity index is 1010. The largest absolute Gasteiger partial charge is 0.355 e. The van der Waals surface area contributed by atoms with E-state index in [1.165, 1.54) is 4.68 Å². The summed E-state index contributed by atoms with van der Waals surface area (Å²) in [7, 11) is 1.75. The van der Waals surface area contributed by atoms with Crippen LogP contribution in [-0.2, 0) is 7.05 Å². The highest BCUT2D eigenvalue weighted by molar-refractivity contribution is 5.75. The molecule has 3 aromatic rings. The second kappa shape index (κ2) is 5.93. The van der Waals surface area contributed by atoms with Crippen molar-refractivity contribution >= 4 is 16.9 Å². The molecule has 1 saturated heterocycles. The van der Waals surface area contributed by atoms with Crippen LogP contribution in [0.3, 0.4) is 0 Å². The van der Waals surface area contributed by atoms with Gasteiger partial charge >= 0.3 is 5.69 Å². The predicted octanol–water partition coefficient (Wildman–Crippen LogP) is 2.24. The van der Waals surface area contributed by atoms with Gasteiger partial charge in [-0.25, -0.2) is 14.5 Å². The predicted molar refractivity (Wildman–Crippen MR) is 99.5 cm³/mol. The molecule has 1 aromatic carbocycles. The molecule has 0 bridgehead atoms. The van der Waals surface area contributed by atoms with Gasteiger partial charge in [-0.1, -0.05) is 12.1 Å². The van der Waals surface area contributed by atoms with Crippen LogP contribution in [-0.4, -0.2) is 37.4 Å². The smallest absolute Gasteiger partial charge is 0.345 e. The van der Waals surface area contributed by atoms with Crippen LogP contribution in [0.4, 0.5) is 5.82 Å². The van der Waals surface area contributed by atoms with Gasteiger partial charge in [-0.05, 0) is 37.8 Å². The van der Waals surface area contributed by atoms with Gasteiger partial charge in [0.2, 0.25) is 0 Å². The summed E-state index contributed by atoms with van der Waals surface area (Å²) >= 11 is 0. The fourth-order valence-corrected chi connectivity index (χ4v) is 3.92. The van der Waals surface area contributed by atoms with Gasteiger partial charge in [-0.3, -0.25) is 9.55 Å². The third-order valence-corrected chi connectivity index (χ3v) is 5.51. The number of aryl methyl sites for hydroxylation is 1. The van der Waals surface area contributed by atoms with Gasteiger partial charge in [0.25, 0.3) is 0 Å². The molecule has 0 spiro atoms. The van der Waals surface area contributed by atoms with Gasteiger partial charge in [0.05, 0.1) is 17.2 Å². The minimum absolute atomic E-state index is 0.0327. The van der Waals surface area contributed by atoms with Crippen LogP contribution < -0.4 is 10.6 Å². The van der Waals surface area contributed by atoms with Gasteiger partial charge in [0, 0.05) is 32.1 Å². The number of nitrogens with zero attached hydrogens (tertiary/aromatic N) is 6. The Balaban J connectivity index is 1.36. The third kappa shape index (κ3) is 2.58. The molecule has 0 radical (unpaired) electrons. The van der Waals surface area contributed by atoms with Crippen molar-refractivity contribution in [1.29, 1.82) is 0 Å². The first-order valence-electron chi connectivity index (χ1n) is 9.33. The van der Waals surface area contributed by atoms with Crippen LogP contribution >= 0.6 is 0 Å². The molecule has 0 unspecified atom stereocenters. The van der Waals surface area contributed by atoms with Crippen LogP contribution in [0.5, 0.6) is 0 Å². The molecule has 2 aliphatic rings. The highest BCUT2D eigenvalue weighted by atomic mass is 16.2. The van der Waals surface area contributed by atoms with Crippen LogP contribution in [0.25, 0.3) is 11.0 Å². The second-order valence-corrected chi connectivity index (χ2v) is 7.34. The van der Waals surface area contributed by atoms with E-state index >= 15 is 0 Å². The lowest BCUT2D eigenvalue weighted by Crippen LogP contribution is -2.34. The van der Waals surface area contributed by atoms with E-state index in [2.05, 4.69) is 15.0 Å². The van der Waals surface area contributed by atoms with Crippen molar-refractivity contribution in [2.75, 3.05) is 18.0 Å². The molecule has 26 heavy (non-hydrogen) atoms. The minimum atomic E-state index is 0.0327. The van der Waals surface area contributed by atoms with Crippen LogP contribution in [0.15, 0.2) is 35.3 Å². The molecule has 5 rings (SSSR count). The van der Waals surface area contributed by atoms with E-state index < -0.39 is 0 Å². The summed E-state index contributed by atoms with van der Waals surface area (Å²) in [4.78, 5) is 23.9. The standard InChI is InChI=1S/C19H22N6O/c1-23-19(26)25(14-6-7-14)18(22-23)13-8-10-24(11-9-13)17-12-20-15-4-2-3-5-16(15)21-17/h2-5,12-14H,6-11H2,1H3. The van der Waals surface area contributed by atoms with Gasteiger partial charge in [-0.2, -0.15) is 5.10 Å². The average molecular weight is 350 g/mol. The van der Waals surface area contributed by atoms with E-state index in [1.807, 2.05) is 35.0 Å². The normalized spacial score (nSPS) is 18.6. The topological polar surface area (TPSA) is 68.8 Å². The van der Waals surface area contributed by atoms with E-state index in [9.17, 15) is 4.79 Å². The summed E-state index contributed by atoms with van der Waals surface area (Å²) in [5, 5.41) is 4.55. The molecule has 7 heteroatoms. The Labute approximate surface area is 151 Å². The maximum Gasteiger partial charge on any atom is 0.345 e. The van der Waals surface area contributed by atoms with E-state index in [0.29, 0.717) is 12.0 Å². The Morgan fingerprint density at radius 3 is 2.50 bits per heavy atom. The first kappa shape index (κ1) is 15.5. The zero-order chi connectivity index (χ0) is 17.7. The van der Waals surface area contributed by atoms with E-state index in [-0.39, 0.29) is 5.69 Å². The summed E-state index contributed by atoms with van der Waals surface area (Å²) in [6.07, 6.45) is 6.03. The number of fused-ring (bicyclic) bond motifs is 1. The molecule has 2 fully saturated rings. The average Bonchev–Trinajstić information content (AvgIpc) is 3.47. The Morgan fingerprint density at radius 2 is 1.77 bits per heavy atom. The Hall–Kier alpha value is -2.70. The van der Waals surface area contributed by atoms with Crippen LogP contribution in [0, 0.1) is 0 Å². The molecule has 3 heterocycles. The van der Waals surface area contributed by atoms with Crippen molar-refractivity contribution in [3.63, 3.8) is 0 Å². The highest BCUT2D eigenvalue weighted by Crippen LogP contribution is 2.37. The van der Waals surface area contributed by atoms with Crippen molar-refractivity contribution in [2.24, 2.45) is 7.05 Å². The number of hydrogen-bond donors (Lipinski definition) is 0. The van der Waals surface area contributed by atoms with E-state index in [4.69, 9.17) is 4.98 Å². The fourth-order valence-electron chi connectivity index (χ4n) is 3.92. The lowest BCUT2D eigenvalue weighted by Gasteiger charge is -2.32. The molecule has 1 aliphatic carbocycles. The first-order valence-corrected chi connectivity index (χ1v) is 9.33. The van der Waals surface area contributed by atoms with Crippen LogP contribution in [0.2, 0.25) is 0 Å². The van der Waals surface area contributed by atoms with E-state index in [0.717, 1.165) is 61.4 Å². The molecule has 0 atom stereocenters. The maximum atomic E-state index is 12.4. The molecule has 1 aliphatic heterocycles. The van der Waals surface area contributed by atoms with Crippen molar-refractivity contribution in [2.45, 2.75) is 37.6 Å². The molecular weight excluding hydrogens is 328 g/mol. The van der Waals surface area contributed by atoms with E-state index in [1.54, 1.807) is 7.05 Å². The molecule has 2 aromatic heterocycles. The van der Waals surface area contributed by atoms with Gasteiger partial charge in [0.1, 0.15) is 11.6 Å². The summed E-state index contributed by atoms with van der Waals surface area (Å²) in [6, 6.07) is 8.33.